The van der Waals surface area contributed by atoms with Crippen LogP contribution in [0.2, 0.25) is 0 Å². The summed E-state index contributed by atoms with van der Waals surface area (Å²) in [5.74, 6) is -4.96. The number of carboxylic acid groups (broad SMARTS) is 1. The molecule has 1 aliphatic rings. The summed E-state index contributed by atoms with van der Waals surface area (Å²) in [6.07, 6.45) is -2.25. The lowest BCUT2D eigenvalue weighted by atomic mass is 10.00. The summed E-state index contributed by atoms with van der Waals surface area (Å²) in [5, 5.41) is 22.8. The van der Waals surface area contributed by atoms with Crippen molar-refractivity contribution in [3.05, 3.63) is 71.3 Å². The minimum absolute atomic E-state index is 0.0113. The fourth-order valence-electron chi connectivity index (χ4n) is 4.63. The van der Waals surface area contributed by atoms with Crippen molar-refractivity contribution in [3.8, 4) is 28.6 Å². The first-order valence-electron chi connectivity index (χ1n) is 13.3. The lowest BCUT2D eigenvalue weighted by Gasteiger charge is -2.25. The van der Waals surface area contributed by atoms with Crippen LogP contribution in [0.25, 0.3) is 11.1 Å². The van der Waals surface area contributed by atoms with Gasteiger partial charge in [-0.2, -0.15) is 15.6 Å². The highest BCUT2D eigenvalue weighted by Crippen LogP contribution is 2.46. The molecule has 3 unspecified atom stereocenters. The largest absolute Gasteiger partial charge is 0.479 e. The Balaban J connectivity index is 1.66. The lowest BCUT2D eigenvalue weighted by molar-refractivity contribution is -0.146. The molecule has 2 aromatic carbocycles. The number of halogens is 2. The van der Waals surface area contributed by atoms with E-state index in [0.717, 1.165) is 11.1 Å². The fourth-order valence-corrected chi connectivity index (χ4v) is 6.46. The van der Waals surface area contributed by atoms with E-state index >= 15 is 0 Å². The van der Waals surface area contributed by atoms with E-state index in [1.807, 2.05) is 30.3 Å². The van der Waals surface area contributed by atoms with Crippen molar-refractivity contribution in [2.75, 3.05) is 11.5 Å². The zero-order valence-electron chi connectivity index (χ0n) is 23.2. The Morgan fingerprint density at radius 3 is 2.43 bits per heavy atom. The number of aliphatic carboxylic acids is 1. The Hall–Kier alpha value is -3.33. The van der Waals surface area contributed by atoms with Crippen molar-refractivity contribution in [2.24, 2.45) is 11.7 Å². The number of benzene rings is 2. The van der Waals surface area contributed by atoms with Crippen LogP contribution in [0.1, 0.15) is 31.4 Å². The van der Waals surface area contributed by atoms with Gasteiger partial charge in [-0.1, -0.05) is 32.0 Å². The minimum atomic E-state index is -2.87. The van der Waals surface area contributed by atoms with Crippen LogP contribution in [-0.4, -0.2) is 60.0 Å². The van der Waals surface area contributed by atoms with Gasteiger partial charge in [0.1, 0.15) is 5.75 Å². The summed E-state index contributed by atoms with van der Waals surface area (Å²) in [6, 6.07) is 12.5. The number of hydrogen-bond donors (Lipinski definition) is 6. The third kappa shape index (κ3) is 8.15. The van der Waals surface area contributed by atoms with E-state index in [4.69, 9.17) is 15.2 Å². The molecular formula is C29H35F2N3O7S. The number of carbonyl (C=O) groups is 1. The van der Waals surface area contributed by atoms with Crippen LogP contribution < -0.4 is 20.5 Å². The van der Waals surface area contributed by atoms with E-state index in [1.165, 1.54) is 0 Å². The summed E-state index contributed by atoms with van der Waals surface area (Å²) < 4.78 is 60.4. The van der Waals surface area contributed by atoms with E-state index in [1.54, 1.807) is 26.0 Å². The van der Waals surface area contributed by atoms with E-state index in [0.29, 0.717) is 23.7 Å². The van der Waals surface area contributed by atoms with E-state index < -0.39 is 58.2 Å². The smallest absolute Gasteiger partial charge is 0.344 e. The van der Waals surface area contributed by atoms with Gasteiger partial charge in [-0.25, -0.2) is 13.6 Å². The predicted molar refractivity (Wildman–Crippen MR) is 155 cm³/mol. The number of ether oxygens (including phenoxy) is 2. The van der Waals surface area contributed by atoms with Crippen LogP contribution in [0.15, 0.2) is 48.5 Å². The summed E-state index contributed by atoms with van der Waals surface area (Å²) in [7, 11) is -2.87. The molecule has 3 atom stereocenters. The van der Waals surface area contributed by atoms with Crippen molar-refractivity contribution in [3.63, 3.8) is 0 Å². The molecule has 228 valence electrons. The van der Waals surface area contributed by atoms with Crippen molar-refractivity contribution in [2.45, 2.75) is 51.6 Å². The minimum Gasteiger partial charge on any atom is -0.479 e. The highest BCUT2D eigenvalue weighted by molar-refractivity contribution is 8.24. The normalized spacial score (nSPS) is 19.5. The Labute approximate surface area is 243 Å². The highest BCUT2D eigenvalue weighted by Gasteiger charge is 2.36. The standard InChI is InChI=1S/C29H35F2N3O7S/c1-16(2)6-26(29(36)37)41-28-23(31)11-22(30)27(34-28)40-21-9-18(13-33-24-14-42(38,39)15-25(24)35)8-20(10-21)19-5-3-4-17(7-19)12-32/h3-5,7-11,16,24-26,33,35,38-39H,6,12-15,32H2,1-2H3,(H,36,37). The second kappa shape index (κ2) is 13.3. The maximum absolute atomic E-state index is 14.8. The maximum atomic E-state index is 14.8. The van der Waals surface area contributed by atoms with Gasteiger partial charge in [0, 0.05) is 19.2 Å². The maximum Gasteiger partial charge on any atom is 0.344 e. The molecule has 7 N–H and O–H groups in total. The summed E-state index contributed by atoms with van der Waals surface area (Å²) in [6.45, 7) is 4.07. The quantitative estimate of drug-likeness (QED) is 0.169. The van der Waals surface area contributed by atoms with Gasteiger partial charge in [0.25, 0.3) is 11.8 Å². The van der Waals surface area contributed by atoms with Gasteiger partial charge in [-0.05, 0) is 58.9 Å². The number of rotatable bonds is 12. The number of pyridine rings is 1. The monoisotopic (exact) mass is 607 g/mol. The van der Waals surface area contributed by atoms with Crippen LogP contribution in [-0.2, 0) is 17.9 Å². The molecule has 1 saturated heterocycles. The number of nitrogens with one attached hydrogen (secondary N) is 1. The third-order valence-corrected chi connectivity index (χ3v) is 8.44. The molecule has 1 fully saturated rings. The molecule has 10 nitrogen and oxygen atoms in total. The van der Waals surface area contributed by atoms with Gasteiger partial charge in [0.2, 0.25) is 0 Å². The molecule has 4 rings (SSSR count). The fraction of sp³-hybridized carbons (Fsp3) is 0.379. The zero-order chi connectivity index (χ0) is 30.6. The van der Waals surface area contributed by atoms with E-state index in [9.17, 15) is 32.9 Å². The third-order valence-electron chi connectivity index (χ3n) is 6.67. The molecule has 0 radical (unpaired) electrons. The Bertz CT molecular complexity index is 1430. The van der Waals surface area contributed by atoms with Crippen molar-refractivity contribution >= 4 is 16.6 Å². The molecule has 0 amide bonds. The Morgan fingerprint density at radius 1 is 1.07 bits per heavy atom. The number of nitrogens with zero attached hydrogens (tertiary/aromatic N) is 1. The first-order chi connectivity index (χ1) is 19.8. The van der Waals surface area contributed by atoms with Crippen LogP contribution in [0, 0.1) is 17.6 Å². The molecule has 0 saturated carbocycles. The Kier molecular flexibility index (Phi) is 10.0. The van der Waals surface area contributed by atoms with Crippen molar-refractivity contribution in [1.82, 2.24) is 10.3 Å². The molecule has 42 heavy (non-hydrogen) atoms. The SMILES string of the molecule is CC(C)CC(Oc1nc(Oc2cc(CNC3CS(O)(O)CC3O)cc(-c3cccc(CN)c3)c2)c(F)cc1F)C(=O)O. The number of carboxylic acids is 1. The Morgan fingerprint density at radius 2 is 1.79 bits per heavy atom. The average Bonchev–Trinajstić information content (AvgIpc) is 3.20. The molecule has 1 aromatic heterocycles. The zero-order valence-corrected chi connectivity index (χ0v) is 24.0. The molecule has 3 aromatic rings. The molecule has 13 heteroatoms. The van der Waals surface area contributed by atoms with Crippen LogP contribution in [0.3, 0.4) is 0 Å². The van der Waals surface area contributed by atoms with Gasteiger partial charge in [0.05, 0.1) is 23.7 Å². The van der Waals surface area contributed by atoms with Gasteiger partial charge in [0.15, 0.2) is 17.7 Å². The second-order valence-corrected chi connectivity index (χ2v) is 13.0. The van der Waals surface area contributed by atoms with Gasteiger partial charge in [-0.15, -0.1) is 0 Å². The summed E-state index contributed by atoms with van der Waals surface area (Å²) in [5.41, 5.74) is 8.80. The van der Waals surface area contributed by atoms with Gasteiger partial charge < -0.3 is 30.7 Å². The van der Waals surface area contributed by atoms with Crippen molar-refractivity contribution in [1.29, 1.82) is 0 Å². The molecular weight excluding hydrogens is 572 g/mol. The molecule has 2 heterocycles. The molecule has 1 aliphatic heterocycles. The first-order valence-corrected chi connectivity index (χ1v) is 15.2. The van der Waals surface area contributed by atoms with Crippen LogP contribution >= 0.6 is 10.6 Å². The van der Waals surface area contributed by atoms with Crippen molar-refractivity contribution < 1.29 is 42.4 Å². The number of nitrogens with two attached hydrogens (primary N) is 1. The number of hydrogen-bond acceptors (Lipinski definition) is 9. The van der Waals surface area contributed by atoms with Gasteiger partial charge >= 0.3 is 5.97 Å². The van der Waals surface area contributed by atoms with Crippen LogP contribution in [0.5, 0.6) is 17.5 Å². The predicted octanol–water partition coefficient (Wildman–Crippen LogP) is 4.74. The van der Waals surface area contributed by atoms with Gasteiger partial charge in [-0.3, -0.25) is 9.11 Å². The number of aliphatic hydroxyl groups excluding tert-OH is 1. The molecule has 0 spiro atoms. The van der Waals surface area contributed by atoms with E-state index in [-0.39, 0.29) is 36.1 Å². The summed E-state index contributed by atoms with van der Waals surface area (Å²) in [4.78, 5) is 15.4. The highest BCUT2D eigenvalue weighted by atomic mass is 32.3. The topological polar surface area (TPSA) is 167 Å². The molecule has 0 bridgehead atoms. The molecule has 0 aliphatic carbocycles. The second-order valence-electron chi connectivity index (χ2n) is 10.7. The summed E-state index contributed by atoms with van der Waals surface area (Å²) >= 11 is 0. The lowest BCUT2D eigenvalue weighted by Crippen LogP contribution is -2.38. The number of aromatic nitrogens is 1. The number of aliphatic hydroxyl groups is 1. The van der Waals surface area contributed by atoms with Crippen LogP contribution in [0.4, 0.5) is 8.78 Å². The first kappa shape index (κ1) is 31.6. The van der Waals surface area contributed by atoms with E-state index in [2.05, 4.69) is 10.3 Å². The average molecular weight is 608 g/mol.